The molecule has 0 spiro atoms. The number of phenolic OH excluding ortho intramolecular Hbond substituents is 1. The highest BCUT2D eigenvalue weighted by Crippen LogP contribution is 2.40. The highest BCUT2D eigenvalue weighted by molar-refractivity contribution is 8.18. The van der Waals surface area contributed by atoms with Gasteiger partial charge in [0.25, 0.3) is 11.1 Å². The molecule has 2 aromatic rings. The van der Waals surface area contributed by atoms with Gasteiger partial charge in [-0.1, -0.05) is 23.7 Å². The zero-order chi connectivity index (χ0) is 19.8. The van der Waals surface area contributed by atoms with Gasteiger partial charge in [0.05, 0.1) is 10.5 Å². The lowest BCUT2D eigenvalue weighted by Gasteiger charge is -2.15. The van der Waals surface area contributed by atoms with Crippen LogP contribution in [0.4, 0.5) is 18.0 Å². The van der Waals surface area contributed by atoms with Gasteiger partial charge in [-0.2, -0.15) is 13.2 Å². The topological polar surface area (TPSA) is 75.6 Å². The number of alkyl halides is 3. The molecule has 0 saturated carbocycles. The fourth-order valence-corrected chi connectivity index (χ4v) is 3.04. The Morgan fingerprint density at radius 3 is 2.41 bits per heavy atom. The number of imide groups is 1. The van der Waals surface area contributed by atoms with Crippen molar-refractivity contribution in [2.45, 2.75) is 6.18 Å². The molecule has 2 amide bonds. The van der Waals surface area contributed by atoms with Crippen molar-refractivity contribution in [1.82, 2.24) is 5.32 Å². The van der Waals surface area contributed by atoms with Crippen LogP contribution < -0.4 is 15.5 Å². The van der Waals surface area contributed by atoms with E-state index >= 15 is 0 Å². The van der Waals surface area contributed by atoms with E-state index in [0.717, 1.165) is 6.07 Å². The van der Waals surface area contributed by atoms with Crippen LogP contribution in [0.1, 0.15) is 11.1 Å². The molecule has 0 bridgehead atoms. The summed E-state index contributed by atoms with van der Waals surface area (Å²) in [4.78, 5) is 22.8. The van der Waals surface area contributed by atoms with Crippen molar-refractivity contribution >= 4 is 42.3 Å². The summed E-state index contributed by atoms with van der Waals surface area (Å²) >= 11 is 0.711. The molecule has 2 N–H and O–H groups in total. The number of thioether (sulfide) groups is 1. The molecule has 0 aliphatic carbocycles. The van der Waals surface area contributed by atoms with Crippen LogP contribution in [0.25, 0.3) is 6.08 Å². The van der Waals surface area contributed by atoms with Crippen molar-refractivity contribution in [1.29, 1.82) is 0 Å². The number of hydrogen-bond acceptors (Lipinski definition) is 5. The summed E-state index contributed by atoms with van der Waals surface area (Å²) in [5.41, 5.74) is -0.152. The van der Waals surface area contributed by atoms with Crippen molar-refractivity contribution in [3.8, 4) is 17.2 Å². The molecule has 1 aliphatic rings. The molecule has 5 nitrogen and oxygen atoms in total. The number of aromatic hydroxyl groups is 1. The van der Waals surface area contributed by atoms with E-state index in [1.165, 1.54) is 44.3 Å². The summed E-state index contributed by atoms with van der Waals surface area (Å²) in [6, 6.07) is 7.55. The van der Waals surface area contributed by atoms with Gasteiger partial charge in [0, 0.05) is 0 Å². The van der Waals surface area contributed by atoms with Crippen LogP contribution in [0.15, 0.2) is 41.3 Å². The number of benzene rings is 2. The van der Waals surface area contributed by atoms with Crippen molar-refractivity contribution in [2.24, 2.45) is 0 Å². The van der Waals surface area contributed by atoms with Crippen LogP contribution in [0.3, 0.4) is 0 Å². The summed E-state index contributed by atoms with van der Waals surface area (Å²) in [5, 5.41) is 11.7. The van der Waals surface area contributed by atoms with E-state index in [1.54, 1.807) is 0 Å². The van der Waals surface area contributed by atoms with Crippen LogP contribution in [-0.2, 0) is 11.0 Å². The molecule has 10 heteroatoms. The monoisotopic (exact) mass is 393 g/mol. The van der Waals surface area contributed by atoms with Crippen molar-refractivity contribution in [3.05, 3.63) is 52.4 Å². The van der Waals surface area contributed by atoms with Gasteiger partial charge in [-0.25, -0.2) is 0 Å². The van der Waals surface area contributed by atoms with Gasteiger partial charge in [-0.3, -0.25) is 14.9 Å². The van der Waals surface area contributed by atoms with Gasteiger partial charge in [0.2, 0.25) is 0 Å². The molecule has 1 aliphatic heterocycles. The zero-order valence-corrected chi connectivity index (χ0v) is 14.6. The molecule has 0 radical (unpaired) electrons. The minimum atomic E-state index is -4.61. The maximum absolute atomic E-state index is 13.2. The molecule has 27 heavy (non-hydrogen) atoms. The third kappa shape index (κ3) is 4.28. The van der Waals surface area contributed by atoms with Gasteiger partial charge >= 0.3 is 6.18 Å². The Morgan fingerprint density at radius 2 is 1.81 bits per heavy atom. The number of nitrogens with one attached hydrogen (secondary N) is 1. The lowest BCUT2D eigenvalue weighted by atomic mass is 9.94. The first-order chi connectivity index (χ1) is 12.6. The minimum Gasteiger partial charge on any atom is -0.504 e. The molecule has 1 fully saturated rings. The van der Waals surface area contributed by atoms with Gasteiger partial charge in [-0.15, -0.1) is 0 Å². The third-order valence-electron chi connectivity index (χ3n) is 3.58. The molecular weight excluding hydrogens is 382 g/mol. The van der Waals surface area contributed by atoms with Crippen molar-refractivity contribution in [3.63, 3.8) is 0 Å². The van der Waals surface area contributed by atoms with Crippen LogP contribution in [-0.4, -0.2) is 24.1 Å². The maximum Gasteiger partial charge on any atom is 0.419 e. The normalized spacial score (nSPS) is 15.9. The summed E-state index contributed by atoms with van der Waals surface area (Å²) < 4.78 is 44.8. The molecule has 138 valence electrons. The predicted molar refractivity (Wildman–Crippen MR) is 96.9 cm³/mol. The van der Waals surface area contributed by atoms with Crippen LogP contribution in [0.5, 0.6) is 17.2 Å². The van der Waals surface area contributed by atoms with Crippen LogP contribution >= 0.6 is 11.8 Å². The Labute approximate surface area is 156 Å². The van der Waals surface area contributed by atoms with Gasteiger partial charge in [0.1, 0.15) is 13.6 Å². The first-order valence-corrected chi connectivity index (χ1v) is 8.39. The average molecular weight is 393 g/mol. The van der Waals surface area contributed by atoms with Gasteiger partial charge in [0.15, 0.2) is 11.5 Å². The Hall–Kier alpha value is -2.88. The molecule has 2 aromatic carbocycles. The fraction of sp³-hybridized carbons (Fsp3) is 0.0588. The highest BCUT2D eigenvalue weighted by atomic mass is 32.2. The molecule has 1 heterocycles. The summed E-state index contributed by atoms with van der Waals surface area (Å²) in [5.74, 6) is -1.58. The first-order valence-electron chi connectivity index (χ1n) is 7.57. The number of halogens is 3. The molecular formula is C17H11BF3NO4S. The smallest absolute Gasteiger partial charge is 0.419 e. The van der Waals surface area contributed by atoms with E-state index in [4.69, 9.17) is 4.74 Å². The Balaban J connectivity index is 1.89. The first kappa shape index (κ1) is 18.9. The largest absolute Gasteiger partial charge is 0.504 e. The van der Waals surface area contributed by atoms with Gasteiger partial charge in [-0.05, 0) is 41.6 Å². The van der Waals surface area contributed by atoms with E-state index in [1.807, 2.05) is 0 Å². The zero-order valence-electron chi connectivity index (χ0n) is 13.8. The number of rotatable bonds is 3. The second kappa shape index (κ2) is 7.03. The number of amides is 2. The number of phenols is 1. The van der Waals surface area contributed by atoms with E-state index in [0.29, 0.717) is 22.8 Å². The summed E-state index contributed by atoms with van der Waals surface area (Å²) in [6.07, 6.45) is -3.23. The standard InChI is InChI=1S/C17H11BF3NO4S/c18-9-2-4-12(10(7-9)17(19,20)21)26-13-3-1-8(5-11(13)23)6-14-15(24)22-16(25)27-14/h1-7,23H,18H2,(H,22,24,25)/b14-6-. The van der Waals surface area contributed by atoms with Crippen LogP contribution in [0, 0.1) is 0 Å². The Morgan fingerprint density at radius 1 is 1.11 bits per heavy atom. The SMILES string of the molecule is Bc1ccc(Oc2ccc(/C=C3\SC(=O)NC3=O)cc2O)c(C(F)(F)F)c1. The summed E-state index contributed by atoms with van der Waals surface area (Å²) in [6.45, 7) is 0. The molecule has 0 unspecified atom stereocenters. The lowest BCUT2D eigenvalue weighted by Crippen LogP contribution is -2.17. The maximum atomic E-state index is 13.2. The predicted octanol–water partition coefficient (Wildman–Crippen LogP) is 2.79. The van der Waals surface area contributed by atoms with E-state index < -0.39 is 34.4 Å². The number of ether oxygens (including phenoxy) is 1. The van der Waals surface area contributed by atoms with Crippen molar-refractivity contribution in [2.75, 3.05) is 0 Å². The van der Waals surface area contributed by atoms with E-state index in [2.05, 4.69) is 5.32 Å². The van der Waals surface area contributed by atoms with E-state index in [-0.39, 0.29) is 10.7 Å². The molecule has 0 aromatic heterocycles. The lowest BCUT2D eigenvalue weighted by molar-refractivity contribution is -0.138. The molecule has 1 saturated heterocycles. The number of carbonyl (C=O) groups excluding carboxylic acids is 2. The van der Waals surface area contributed by atoms with Gasteiger partial charge < -0.3 is 9.84 Å². The number of hydrogen-bond donors (Lipinski definition) is 2. The quantitative estimate of drug-likeness (QED) is 0.620. The summed E-state index contributed by atoms with van der Waals surface area (Å²) in [7, 11) is 1.53. The minimum absolute atomic E-state index is 0.144. The highest BCUT2D eigenvalue weighted by Gasteiger charge is 2.34. The second-order valence-electron chi connectivity index (χ2n) is 5.68. The fourth-order valence-electron chi connectivity index (χ4n) is 2.36. The molecule has 0 atom stereocenters. The average Bonchev–Trinajstić information content (AvgIpc) is 2.88. The van der Waals surface area contributed by atoms with Crippen LogP contribution in [0.2, 0.25) is 0 Å². The second-order valence-corrected chi connectivity index (χ2v) is 6.69. The number of carbonyl (C=O) groups is 2. The Kier molecular flexibility index (Phi) is 4.92. The third-order valence-corrected chi connectivity index (χ3v) is 4.39. The van der Waals surface area contributed by atoms with Crippen molar-refractivity contribution < 1.29 is 32.6 Å². The van der Waals surface area contributed by atoms with E-state index in [9.17, 15) is 27.9 Å². The Bertz CT molecular complexity index is 975. The molecule has 3 rings (SSSR count).